The van der Waals surface area contributed by atoms with Crippen molar-refractivity contribution < 1.29 is 28.5 Å². The number of benzene rings is 2. The van der Waals surface area contributed by atoms with Crippen LogP contribution in [0.5, 0.6) is 23.0 Å². The fourth-order valence-electron chi connectivity index (χ4n) is 3.29. The molecule has 0 heterocycles. The van der Waals surface area contributed by atoms with Crippen molar-refractivity contribution in [2.75, 3.05) is 45.6 Å². The summed E-state index contributed by atoms with van der Waals surface area (Å²) in [7, 11) is 6.06. The largest absolute Gasteiger partial charge is 0.496 e. The number of carbonyl (C=O) groups excluding carboxylic acids is 2. The summed E-state index contributed by atoms with van der Waals surface area (Å²) < 4.78 is 21.4. The van der Waals surface area contributed by atoms with E-state index < -0.39 is 11.9 Å². The Morgan fingerprint density at radius 3 is 2.14 bits per heavy atom. The number of rotatable bonds is 13. The molecule has 0 saturated heterocycles. The number of nitrogens with two attached hydrogens (primary N) is 2. The monoisotopic (exact) mass is 486 g/mol. The van der Waals surface area contributed by atoms with Crippen molar-refractivity contribution in [2.45, 2.75) is 25.3 Å². The van der Waals surface area contributed by atoms with E-state index in [1.165, 1.54) is 34.5 Å². The van der Waals surface area contributed by atoms with Gasteiger partial charge in [-0.1, -0.05) is 6.42 Å². The van der Waals surface area contributed by atoms with Gasteiger partial charge in [0.2, 0.25) is 11.8 Å². The molecule has 0 aliphatic carbocycles. The summed E-state index contributed by atoms with van der Waals surface area (Å²) in [5.41, 5.74) is 12.9. The lowest BCUT2D eigenvalue weighted by atomic mass is 10.1. The highest BCUT2D eigenvalue weighted by Crippen LogP contribution is 2.35. The van der Waals surface area contributed by atoms with E-state index in [0.717, 1.165) is 12.8 Å². The molecule has 0 aliphatic heterocycles. The SMILES string of the molecule is COc1cc(OC)c(C=CC(=O)Nc2ccc(OC)c(NC(=O)[C@H](N)CCCCN)c2)c(OC)c1. The fourth-order valence-corrected chi connectivity index (χ4v) is 3.29. The van der Waals surface area contributed by atoms with Crippen molar-refractivity contribution in [2.24, 2.45) is 11.5 Å². The van der Waals surface area contributed by atoms with Gasteiger partial charge in [-0.3, -0.25) is 9.59 Å². The molecule has 35 heavy (non-hydrogen) atoms. The summed E-state index contributed by atoms with van der Waals surface area (Å²) in [5.74, 6) is 1.24. The van der Waals surface area contributed by atoms with Crippen LogP contribution in [0.1, 0.15) is 24.8 Å². The number of hydrogen-bond acceptors (Lipinski definition) is 8. The third kappa shape index (κ3) is 7.90. The summed E-state index contributed by atoms with van der Waals surface area (Å²) >= 11 is 0. The molecule has 2 aromatic carbocycles. The fraction of sp³-hybridized carbons (Fsp3) is 0.360. The number of unbranched alkanes of at least 4 members (excludes halogenated alkanes) is 1. The van der Waals surface area contributed by atoms with E-state index in [0.29, 0.717) is 52.9 Å². The second-order valence-corrected chi connectivity index (χ2v) is 7.56. The predicted octanol–water partition coefficient (Wildman–Crippen LogP) is 2.77. The van der Waals surface area contributed by atoms with Crippen LogP contribution < -0.4 is 41.0 Å². The lowest BCUT2D eigenvalue weighted by Gasteiger charge is -2.15. The van der Waals surface area contributed by atoms with Gasteiger partial charge in [-0.25, -0.2) is 0 Å². The Bertz CT molecular complexity index is 1020. The maximum atomic E-state index is 12.6. The van der Waals surface area contributed by atoms with Crippen LogP contribution in [-0.4, -0.2) is 52.8 Å². The Labute approximate surface area is 205 Å². The van der Waals surface area contributed by atoms with Gasteiger partial charge in [0.05, 0.1) is 45.7 Å². The summed E-state index contributed by atoms with van der Waals surface area (Å²) in [6.45, 7) is 0.552. The number of nitrogens with one attached hydrogen (secondary N) is 2. The summed E-state index contributed by atoms with van der Waals surface area (Å²) in [5, 5.41) is 5.53. The molecule has 2 aromatic rings. The van der Waals surface area contributed by atoms with Crippen LogP contribution in [0.15, 0.2) is 36.4 Å². The smallest absolute Gasteiger partial charge is 0.248 e. The van der Waals surface area contributed by atoms with Crippen molar-refractivity contribution >= 4 is 29.3 Å². The van der Waals surface area contributed by atoms with Gasteiger partial charge in [0.15, 0.2) is 0 Å². The van der Waals surface area contributed by atoms with E-state index in [-0.39, 0.29) is 5.91 Å². The van der Waals surface area contributed by atoms with E-state index >= 15 is 0 Å². The molecule has 0 radical (unpaired) electrons. The van der Waals surface area contributed by atoms with E-state index in [1.54, 1.807) is 36.4 Å². The Morgan fingerprint density at radius 2 is 1.57 bits per heavy atom. The number of carbonyl (C=O) groups is 2. The highest BCUT2D eigenvalue weighted by Gasteiger charge is 2.16. The molecular formula is C25H34N4O6. The van der Waals surface area contributed by atoms with Crippen LogP contribution in [0.3, 0.4) is 0 Å². The van der Waals surface area contributed by atoms with Crippen LogP contribution in [-0.2, 0) is 9.59 Å². The van der Waals surface area contributed by atoms with Crippen molar-refractivity contribution in [3.63, 3.8) is 0 Å². The Kier molecular flexibility index (Phi) is 10.9. The quantitative estimate of drug-likeness (QED) is 0.250. The highest BCUT2D eigenvalue weighted by molar-refractivity contribution is 6.03. The maximum Gasteiger partial charge on any atom is 0.248 e. The first-order valence-electron chi connectivity index (χ1n) is 11.1. The lowest BCUT2D eigenvalue weighted by Crippen LogP contribution is -2.35. The average Bonchev–Trinajstić information content (AvgIpc) is 2.87. The molecule has 0 saturated carbocycles. The minimum absolute atomic E-state index is 0.345. The number of hydrogen-bond donors (Lipinski definition) is 4. The topological polar surface area (TPSA) is 147 Å². The molecule has 2 amide bonds. The van der Waals surface area contributed by atoms with Crippen LogP contribution >= 0.6 is 0 Å². The summed E-state index contributed by atoms with van der Waals surface area (Å²) in [4.78, 5) is 25.1. The van der Waals surface area contributed by atoms with Crippen molar-refractivity contribution in [3.8, 4) is 23.0 Å². The number of anilines is 2. The first kappa shape index (κ1) is 27.5. The molecule has 10 heteroatoms. The molecule has 0 aromatic heterocycles. The number of ether oxygens (including phenoxy) is 4. The zero-order valence-corrected chi connectivity index (χ0v) is 20.6. The average molecular weight is 487 g/mol. The maximum absolute atomic E-state index is 12.6. The third-order valence-electron chi connectivity index (χ3n) is 5.19. The normalized spacial score (nSPS) is 11.6. The third-order valence-corrected chi connectivity index (χ3v) is 5.19. The first-order chi connectivity index (χ1) is 16.9. The van der Waals surface area contributed by atoms with Gasteiger partial charge in [-0.05, 0) is 43.7 Å². The Morgan fingerprint density at radius 1 is 0.914 bits per heavy atom. The molecule has 0 unspecified atom stereocenters. The Hall–Kier alpha value is -3.76. The molecule has 2 rings (SSSR count). The minimum Gasteiger partial charge on any atom is -0.496 e. The molecule has 0 aliphatic rings. The van der Waals surface area contributed by atoms with Gasteiger partial charge in [-0.2, -0.15) is 0 Å². The van der Waals surface area contributed by atoms with E-state index in [9.17, 15) is 9.59 Å². The molecule has 0 fully saturated rings. The van der Waals surface area contributed by atoms with Gasteiger partial charge < -0.3 is 41.0 Å². The van der Waals surface area contributed by atoms with Crippen LogP contribution in [0, 0.1) is 0 Å². The van der Waals surface area contributed by atoms with Gasteiger partial charge >= 0.3 is 0 Å². The van der Waals surface area contributed by atoms with Gasteiger partial charge in [0.1, 0.15) is 23.0 Å². The van der Waals surface area contributed by atoms with E-state index in [4.69, 9.17) is 30.4 Å². The van der Waals surface area contributed by atoms with Gasteiger partial charge in [0, 0.05) is 23.9 Å². The molecule has 0 bridgehead atoms. The zero-order chi connectivity index (χ0) is 25.8. The molecule has 6 N–H and O–H groups in total. The van der Waals surface area contributed by atoms with Gasteiger partial charge in [-0.15, -0.1) is 0 Å². The number of amides is 2. The van der Waals surface area contributed by atoms with Crippen LogP contribution in [0.2, 0.25) is 0 Å². The molecule has 10 nitrogen and oxygen atoms in total. The van der Waals surface area contributed by atoms with Crippen molar-refractivity contribution in [1.82, 2.24) is 0 Å². The second kappa shape index (κ2) is 13.8. The molecular weight excluding hydrogens is 452 g/mol. The molecule has 1 atom stereocenters. The lowest BCUT2D eigenvalue weighted by molar-refractivity contribution is -0.117. The van der Waals surface area contributed by atoms with Crippen LogP contribution in [0.4, 0.5) is 11.4 Å². The zero-order valence-electron chi connectivity index (χ0n) is 20.6. The van der Waals surface area contributed by atoms with E-state index in [2.05, 4.69) is 10.6 Å². The standard InChI is InChI=1S/C25H34N4O6/c1-32-17-14-22(34-3)18(23(15-17)35-4)9-11-24(30)28-16-8-10-21(33-2)20(13-16)29-25(31)19(27)7-5-6-12-26/h8-11,13-15,19H,5-7,12,26-27H2,1-4H3,(H,28,30)(H,29,31)/t19-/m1/s1. The second-order valence-electron chi connectivity index (χ2n) is 7.56. The Balaban J connectivity index is 2.15. The predicted molar refractivity (Wildman–Crippen MR) is 136 cm³/mol. The van der Waals surface area contributed by atoms with Crippen molar-refractivity contribution in [1.29, 1.82) is 0 Å². The summed E-state index contributed by atoms with van der Waals surface area (Å²) in [6, 6.07) is 7.62. The first-order valence-corrected chi connectivity index (χ1v) is 11.1. The number of methoxy groups -OCH3 is 4. The summed E-state index contributed by atoms with van der Waals surface area (Å²) in [6.07, 6.45) is 5.01. The molecule has 190 valence electrons. The van der Waals surface area contributed by atoms with E-state index in [1.807, 2.05) is 0 Å². The molecule has 0 spiro atoms. The van der Waals surface area contributed by atoms with Crippen LogP contribution in [0.25, 0.3) is 6.08 Å². The minimum atomic E-state index is -0.679. The van der Waals surface area contributed by atoms with Crippen molar-refractivity contribution in [3.05, 3.63) is 42.0 Å². The van der Waals surface area contributed by atoms with Gasteiger partial charge in [0.25, 0.3) is 0 Å². The highest BCUT2D eigenvalue weighted by atomic mass is 16.5.